The van der Waals surface area contributed by atoms with Crippen molar-refractivity contribution in [3.05, 3.63) is 0 Å². The number of likely N-dealkylation sites (N-methyl/N-ethyl adjacent to an activating group) is 1. The highest BCUT2D eigenvalue weighted by Crippen LogP contribution is 2.10. The van der Waals surface area contributed by atoms with Gasteiger partial charge in [0.15, 0.2) is 0 Å². The summed E-state index contributed by atoms with van der Waals surface area (Å²) in [4.78, 5) is 27.5. The van der Waals surface area contributed by atoms with Gasteiger partial charge in [0.25, 0.3) is 0 Å². The highest BCUT2D eigenvalue weighted by Gasteiger charge is 2.32. The number of ether oxygens (including phenoxy) is 1. The third-order valence-electron chi connectivity index (χ3n) is 3.67. The second-order valence-electron chi connectivity index (χ2n) is 5.16. The van der Waals surface area contributed by atoms with Crippen LogP contribution in [0.3, 0.4) is 0 Å². The maximum absolute atomic E-state index is 11.7. The number of piperazine rings is 1. The van der Waals surface area contributed by atoms with Gasteiger partial charge in [-0.1, -0.05) is 0 Å². The van der Waals surface area contributed by atoms with E-state index in [1.54, 1.807) is 0 Å². The van der Waals surface area contributed by atoms with Crippen molar-refractivity contribution in [1.82, 2.24) is 20.4 Å². The Morgan fingerprint density at radius 3 is 2.68 bits per heavy atom. The van der Waals surface area contributed by atoms with Gasteiger partial charge in [-0.3, -0.25) is 19.8 Å². The van der Waals surface area contributed by atoms with Crippen LogP contribution in [0.1, 0.15) is 12.8 Å². The number of nitrogens with zero attached hydrogens (tertiary/aromatic N) is 2. The van der Waals surface area contributed by atoms with Crippen LogP contribution in [-0.2, 0) is 14.3 Å². The molecule has 0 spiro atoms. The van der Waals surface area contributed by atoms with Gasteiger partial charge in [-0.15, -0.1) is 0 Å². The van der Waals surface area contributed by atoms with E-state index in [1.165, 1.54) is 7.11 Å². The molecule has 2 aliphatic rings. The van der Waals surface area contributed by atoms with E-state index < -0.39 is 0 Å². The predicted octanol–water partition coefficient (Wildman–Crippen LogP) is -1.44. The molecule has 0 aliphatic carbocycles. The van der Waals surface area contributed by atoms with E-state index in [0.717, 1.165) is 26.2 Å². The summed E-state index contributed by atoms with van der Waals surface area (Å²) in [6, 6.07) is -0.147. The molecular formula is C12H22N4O3. The molecule has 2 atom stereocenters. The third kappa shape index (κ3) is 3.89. The van der Waals surface area contributed by atoms with Crippen molar-refractivity contribution in [2.75, 3.05) is 40.3 Å². The molecule has 2 heterocycles. The highest BCUT2D eigenvalue weighted by atomic mass is 16.5. The van der Waals surface area contributed by atoms with Gasteiger partial charge in [0.1, 0.15) is 6.29 Å². The zero-order valence-corrected chi connectivity index (χ0v) is 11.5. The summed E-state index contributed by atoms with van der Waals surface area (Å²) < 4.78 is 4.65. The summed E-state index contributed by atoms with van der Waals surface area (Å²) in [7, 11) is 3.45. The van der Waals surface area contributed by atoms with Crippen LogP contribution in [0.15, 0.2) is 0 Å². The van der Waals surface area contributed by atoms with E-state index in [9.17, 15) is 9.59 Å². The van der Waals surface area contributed by atoms with Crippen LogP contribution in [0.5, 0.6) is 0 Å². The molecule has 0 radical (unpaired) electrons. The van der Waals surface area contributed by atoms with Gasteiger partial charge in [0, 0.05) is 38.6 Å². The van der Waals surface area contributed by atoms with Gasteiger partial charge in [-0.05, 0) is 7.05 Å². The van der Waals surface area contributed by atoms with Crippen LogP contribution >= 0.6 is 0 Å². The van der Waals surface area contributed by atoms with Crippen LogP contribution in [-0.4, -0.2) is 74.3 Å². The van der Waals surface area contributed by atoms with Crippen molar-refractivity contribution in [2.45, 2.75) is 25.2 Å². The van der Waals surface area contributed by atoms with Crippen molar-refractivity contribution in [2.24, 2.45) is 0 Å². The Morgan fingerprint density at radius 2 is 2.05 bits per heavy atom. The van der Waals surface area contributed by atoms with Gasteiger partial charge in [-0.2, -0.15) is 0 Å². The fraction of sp³-hybridized carbons (Fsp3) is 0.833. The Morgan fingerprint density at radius 1 is 1.37 bits per heavy atom. The van der Waals surface area contributed by atoms with Gasteiger partial charge in [0.05, 0.1) is 13.5 Å². The molecule has 2 aliphatic heterocycles. The Bertz CT molecular complexity index is 342. The number of hydrogen-bond acceptors (Lipinski definition) is 6. The van der Waals surface area contributed by atoms with Crippen molar-refractivity contribution in [1.29, 1.82) is 0 Å². The zero-order chi connectivity index (χ0) is 13.8. The molecule has 0 bridgehead atoms. The second kappa shape index (κ2) is 6.31. The largest absolute Gasteiger partial charge is 0.469 e. The third-order valence-corrected chi connectivity index (χ3v) is 3.67. The minimum atomic E-state index is -0.288. The monoisotopic (exact) mass is 270 g/mol. The minimum Gasteiger partial charge on any atom is -0.469 e. The first-order valence-electron chi connectivity index (χ1n) is 6.63. The first-order valence-corrected chi connectivity index (χ1v) is 6.63. The first-order chi connectivity index (χ1) is 9.08. The first kappa shape index (κ1) is 14.2. The molecule has 2 rings (SSSR count). The summed E-state index contributed by atoms with van der Waals surface area (Å²) in [6.45, 7) is 3.77. The molecule has 0 aromatic rings. The average molecular weight is 270 g/mol. The van der Waals surface area contributed by atoms with Gasteiger partial charge in [0.2, 0.25) is 5.91 Å². The predicted molar refractivity (Wildman–Crippen MR) is 69.2 cm³/mol. The molecule has 0 aromatic heterocycles. The number of amides is 1. The molecule has 7 heteroatoms. The van der Waals surface area contributed by atoms with E-state index in [0.29, 0.717) is 6.42 Å². The summed E-state index contributed by atoms with van der Waals surface area (Å²) in [5, 5.41) is 6.24. The Balaban J connectivity index is 1.90. The van der Waals surface area contributed by atoms with E-state index in [2.05, 4.69) is 32.2 Å². The smallest absolute Gasteiger partial charge is 0.307 e. The van der Waals surface area contributed by atoms with Crippen molar-refractivity contribution >= 4 is 11.9 Å². The molecule has 2 saturated heterocycles. The van der Waals surface area contributed by atoms with Crippen molar-refractivity contribution < 1.29 is 14.3 Å². The Hall–Kier alpha value is -1.18. The maximum atomic E-state index is 11.7. The van der Waals surface area contributed by atoms with Gasteiger partial charge in [-0.25, -0.2) is 0 Å². The molecule has 0 saturated carbocycles. The van der Waals surface area contributed by atoms with Crippen LogP contribution in [0, 0.1) is 0 Å². The fourth-order valence-electron chi connectivity index (χ4n) is 2.45. The molecule has 1 amide bonds. The normalized spacial score (nSPS) is 29.9. The van der Waals surface area contributed by atoms with E-state index in [-0.39, 0.29) is 30.6 Å². The fourth-order valence-corrected chi connectivity index (χ4v) is 2.45. The zero-order valence-electron chi connectivity index (χ0n) is 11.5. The molecule has 7 nitrogen and oxygen atoms in total. The number of rotatable bonds is 3. The lowest BCUT2D eigenvalue weighted by Gasteiger charge is -2.42. The number of carbonyl (C=O) groups excluding carboxylic acids is 2. The molecule has 19 heavy (non-hydrogen) atoms. The Labute approximate surface area is 113 Å². The van der Waals surface area contributed by atoms with Crippen molar-refractivity contribution in [3.8, 4) is 0 Å². The molecule has 2 N–H and O–H groups in total. The number of nitrogens with one attached hydrogen (secondary N) is 2. The standard InChI is InChI=1S/C12H22N4O3/c1-15-3-5-16(6-4-15)12-13-9(7-10(17)14-12)8-11(18)19-2/h9,12-13H,3-8H2,1-2H3,(H,14,17). The lowest BCUT2D eigenvalue weighted by molar-refractivity contribution is -0.142. The number of hydrogen-bond donors (Lipinski definition) is 2. The van der Waals surface area contributed by atoms with Crippen LogP contribution in [0.2, 0.25) is 0 Å². The quantitative estimate of drug-likeness (QED) is 0.612. The van der Waals surface area contributed by atoms with Crippen LogP contribution in [0.25, 0.3) is 0 Å². The lowest BCUT2D eigenvalue weighted by atomic mass is 10.1. The topological polar surface area (TPSA) is 73.9 Å². The summed E-state index contributed by atoms with van der Waals surface area (Å²) in [6.07, 6.45) is 0.373. The average Bonchev–Trinajstić information content (AvgIpc) is 2.38. The molecule has 0 aromatic carbocycles. The van der Waals surface area contributed by atoms with Crippen LogP contribution in [0.4, 0.5) is 0 Å². The maximum Gasteiger partial charge on any atom is 0.307 e. The lowest BCUT2D eigenvalue weighted by Crippen LogP contribution is -2.66. The number of methoxy groups -OCH3 is 1. The molecule has 2 fully saturated rings. The summed E-state index contributed by atoms with van der Waals surface area (Å²) >= 11 is 0. The molecule has 2 unspecified atom stereocenters. The molecule has 108 valence electrons. The Kier molecular flexibility index (Phi) is 4.73. The van der Waals surface area contributed by atoms with E-state index in [4.69, 9.17) is 0 Å². The van der Waals surface area contributed by atoms with E-state index in [1.807, 2.05) is 0 Å². The number of carbonyl (C=O) groups is 2. The van der Waals surface area contributed by atoms with Crippen LogP contribution < -0.4 is 10.6 Å². The summed E-state index contributed by atoms with van der Waals surface area (Å²) in [5.41, 5.74) is 0. The molecular weight excluding hydrogens is 248 g/mol. The SMILES string of the molecule is COC(=O)CC1CC(=O)NC(N2CCN(C)CC2)N1. The van der Waals surface area contributed by atoms with Gasteiger partial charge >= 0.3 is 5.97 Å². The van der Waals surface area contributed by atoms with Gasteiger partial charge < -0.3 is 15.0 Å². The summed E-state index contributed by atoms with van der Waals surface area (Å²) in [5.74, 6) is -0.305. The second-order valence-corrected chi connectivity index (χ2v) is 5.16. The highest BCUT2D eigenvalue weighted by molar-refractivity contribution is 5.79. The van der Waals surface area contributed by atoms with Crippen molar-refractivity contribution in [3.63, 3.8) is 0 Å². The van der Waals surface area contributed by atoms with E-state index >= 15 is 0 Å². The number of esters is 1. The minimum absolute atomic E-state index is 0.0171.